The summed E-state index contributed by atoms with van der Waals surface area (Å²) in [5.74, 6) is 1.19. The maximum Gasteiger partial charge on any atom is 0.0974 e. The van der Waals surface area contributed by atoms with Gasteiger partial charge in [-0.2, -0.15) is 0 Å². The average molecular weight is 483 g/mol. The molecule has 3 heterocycles. The van der Waals surface area contributed by atoms with Crippen LogP contribution in [0.1, 0.15) is 90.5 Å². The first-order chi connectivity index (χ1) is 17.4. The Kier molecular flexibility index (Phi) is 5.16. The molecule has 0 amide bonds. The zero-order valence-electron chi connectivity index (χ0n) is 22.6. The summed E-state index contributed by atoms with van der Waals surface area (Å²) in [6, 6.07) is 10.5. The van der Waals surface area contributed by atoms with Crippen molar-refractivity contribution in [2.75, 3.05) is 6.54 Å². The molecule has 2 aromatic rings. The summed E-state index contributed by atoms with van der Waals surface area (Å²) in [6.45, 7) is 10.8. The Bertz CT molecular complexity index is 1260. The van der Waals surface area contributed by atoms with Crippen LogP contribution in [0.2, 0.25) is 0 Å². The number of hydrogen-bond donors (Lipinski definition) is 0. The third-order valence-electron chi connectivity index (χ3n) is 11.2. The second-order valence-corrected chi connectivity index (χ2v) is 13.0. The van der Waals surface area contributed by atoms with Gasteiger partial charge in [0.2, 0.25) is 0 Å². The van der Waals surface area contributed by atoms with Crippen LogP contribution in [0, 0.1) is 11.3 Å². The Balaban J connectivity index is 1.24. The van der Waals surface area contributed by atoms with E-state index in [0.717, 1.165) is 6.54 Å². The van der Waals surface area contributed by atoms with Gasteiger partial charge >= 0.3 is 0 Å². The highest BCUT2D eigenvalue weighted by Gasteiger charge is 2.66. The number of nitrogens with zero attached hydrogens (tertiary/aromatic N) is 2. The molecular formula is C33H42N2O. The van der Waals surface area contributed by atoms with Crippen molar-refractivity contribution < 1.29 is 4.74 Å². The number of ether oxygens (including phenoxy) is 1. The SMILES string of the molecule is CCN(C(C)C)[C@@H]1CCC2=CC3=CC[C@]4(C)[C@@H](c5ccc6ccncc6c5)CC[C@H]4[C@@]34CC[C@]2(C1)O4. The normalized spacial score (nSPS) is 39.1. The molecule has 7 rings (SSSR count). The van der Waals surface area contributed by atoms with Gasteiger partial charge in [-0.05, 0) is 123 Å². The summed E-state index contributed by atoms with van der Waals surface area (Å²) in [6.07, 6.45) is 19.0. The van der Waals surface area contributed by atoms with E-state index in [1.54, 1.807) is 5.57 Å². The maximum atomic E-state index is 7.55. The number of allylic oxidation sites excluding steroid dienone is 1. The first-order valence-electron chi connectivity index (χ1n) is 14.6. The summed E-state index contributed by atoms with van der Waals surface area (Å²) in [4.78, 5) is 7.12. The van der Waals surface area contributed by atoms with Crippen LogP contribution in [0.25, 0.3) is 10.8 Å². The van der Waals surface area contributed by atoms with Gasteiger partial charge in [0.25, 0.3) is 0 Å². The minimum Gasteiger partial charge on any atom is -0.359 e. The standard InChI is InChI=1S/C33H42N2O/c1-5-35(22(2)3)28-9-8-26-19-27-12-14-31(4)29(24-7-6-23-13-17-34-21-25(23)18-24)10-11-30(31)33(27)16-15-32(26,20-28)36-33/h6-7,12-13,17-19,21-22,28-30H,5,8-11,14-16,20H2,1-4H3/t28-,29-,30-,31-,32-,33-/m1/s1. The van der Waals surface area contributed by atoms with Gasteiger partial charge in [-0.25, -0.2) is 0 Å². The van der Waals surface area contributed by atoms with Gasteiger partial charge < -0.3 is 4.74 Å². The largest absolute Gasteiger partial charge is 0.359 e. The van der Waals surface area contributed by atoms with E-state index < -0.39 is 0 Å². The molecule has 2 bridgehead atoms. The molecule has 190 valence electrons. The smallest absolute Gasteiger partial charge is 0.0974 e. The van der Waals surface area contributed by atoms with E-state index in [9.17, 15) is 0 Å². The lowest BCUT2D eigenvalue weighted by atomic mass is 9.58. The Morgan fingerprint density at radius 3 is 2.83 bits per heavy atom. The molecule has 5 aliphatic rings. The molecule has 3 fully saturated rings. The third kappa shape index (κ3) is 3.08. The molecule has 3 nitrogen and oxygen atoms in total. The van der Waals surface area contributed by atoms with E-state index in [2.05, 4.69) is 74.0 Å². The van der Waals surface area contributed by atoms with E-state index in [0.29, 0.717) is 23.9 Å². The van der Waals surface area contributed by atoms with Gasteiger partial charge in [-0.1, -0.05) is 38.1 Å². The fraction of sp³-hybridized carbons (Fsp3) is 0.606. The molecule has 1 saturated heterocycles. The van der Waals surface area contributed by atoms with Gasteiger partial charge in [0.05, 0.1) is 11.2 Å². The number of pyridine rings is 1. The first kappa shape index (κ1) is 23.2. The third-order valence-corrected chi connectivity index (χ3v) is 11.2. The lowest BCUT2D eigenvalue weighted by molar-refractivity contribution is -0.141. The van der Waals surface area contributed by atoms with E-state index in [-0.39, 0.29) is 16.6 Å². The summed E-state index contributed by atoms with van der Waals surface area (Å²) in [7, 11) is 0. The van der Waals surface area contributed by atoms with Gasteiger partial charge in [0.1, 0.15) is 0 Å². The van der Waals surface area contributed by atoms with E-state index >= 15 is 0 Å². The van der Waals surface area contributed by atoms with E-state index in [4.69, 9.17) is 4.74 Å². The molecule has 2 saturated carbocycles. The van der Waals surface area contributed by atoms with Crippen molar-refractivity contribution in [2.24, 2.45) is 11.3 Å². The van der Waals surface area contributed by atoms with Gasteiger partial charge in [0, 0.05) is 29.9 Å². The molecular weight excluding hydrogens is 440 g/mol. The Morgan fingerprint density at radius 2 is 2.00 bits per heavy atom. The highest BCUT2D eigenvalue weighted by molar-refractivity contribution is 5.82. The predicted molar refractivity (Wildman–Crippen MR) is 147 cm³/mol. The average Bonchev–Trinajstić information content (AvgIpc) is 3.39. The molecule has 36 heavy (non-hydrogen) atoms. The fourth-order valence-corrected chi connectivity index (χ4v) is 9.58. The Morgan fingerprint density at radius 1 is 1.11 bits per heavy atom. The lowest BCUT2D eigenvalue weighted by Crippen LogP contribution is -2.56. The number of fused-ring (bicyclic) bond motifs is 2. The highest BCUT2D eigenvalue weighted by atomic mass is 16.5. The molecule has 1 aromatic heterocycles. The predicted octanol–water partition coefficient (Wildman–Crippen LogP) is 7.58. The molecule has 2 aliphatic heterocycles. The van der Waals surface area contributed by atoms with Gasteiger partial charge in [-0.15, -0.1) is 0 Å². The first-order valence-corrected chi connectivity index (χ1v) is 14.6. The van der Waals surface area contributed by atoms with Crippen LogP contribution < -0.4 is 0 Å². The number of aromatic nitrogens is 1. The van der Waals surface area contributed by atoms with Crippen LogP contribution in [0.4, 0.5) is 0 Å². The van der Waals surface area contributed by atoms with Crippen molar-refractivity contribution in [3.05, 3.63) is 65.5 Å². The molecule has 2 spiro atoms. The van der Waals surface area contributed by atoms with Crippen molar-refractivity contribution in [2.45, 2.75) is 108 Å². The molecule has 3 heteroatoms. The van der Waals surface area contributed by atoms with Crippen LogP contribution in [-0.4, -0.2) is 39.7 Å². The summed E-state index contributed by atoms with van der Waals surface area (Å²) >= 11 is 0. The number of benzene rings is 1. The van der Waals surface area contributed by atoms with Gasteiger partial charge in [0.15, 0.2) is 0 Å². The summed E-state index contributed by atoms with van der Waals surface area (Å²) in [5.41, 5.74) is 4.80. The maximum absolute atomic E-state index is 7.55. The van der Waals surface area contributed by atoms with Crippen LogP contribution >= 0.6 is 0 Å². The summed E-state index contributed by atoms with van der Waals surface area (Å²) < 4.78 is 7.55. The Labute approximate surface area is 217 Å². The van der Waals surface area contributed by atoms with Crippen LogP contribution in [-0.2, 0) is 4.74 Å². The monoisotopic (exact) mass is 482 g/mol. The number of hydrogen-bond acceptors (Lipinski definition) is 3. The molecule has 0 N–H and O–H groups in total. The zero-order valence-corrected chi connectivity index (χ0v) is 22.6. The van der Waals surface area contributed by atoms with Crippen LogP contribution in [0.5, 0.6) is 0 Å². The van der Waals surface area contributed by atoms with Crippen LogP contribution in [0.3, 0.4) is 0 Å². The second-order valence-electron chi connectivity index (χ2n) is 13.0. The van der Waals surface area contributed by atoms with Crippen LogP contribution in [0.15, 0.2) is 60.0 Å². The molecule has 0 radical (unpaired) electrons. The zero-order chi connectivity index (χ0) is 24.7. The van der Waals surface area contributed by atoms with Crippen molar-refractivity contribution in [1.82, 2.24) is 9.88 Å². The van der Waals surface area contributed by atoms with Crippen molar-refractivity contribution >= 4 is 10.8 Å². The fourth-order valence-electron chi connectivity index (χ4n) is 9.58. The minimum atomic E-state index is -0.0690. The molecule has 0 unspecified atom stereocenters. The molecule has 6 atom stereocenters. The molecule has 3 aliphatic carbocycles. The minimum absolute atomic E-state index is 0.0203. The lowest BCUT2D eigenvalue weighted by Gasteiger charge is -2.55. The highest BCUT2D eigenvalue weighted by Crippen LogP contribution is 2.69. The van der Waals surface area contributed by atoms with E-state index in [1.165, 1.54) is 73.3 Å². The van der Waals surface area contributed by atoms with Gasteiger partial charge in [-0.3, -0.25) is 9.88 Å². The quantitative estimate of drug-likeness (QED) is 0.449. The number of rotatable bonds is 4. The topological polar surface area (TPSA) is 25.4 Å². The second kappa shape index (κ2) is 8.01. The van der Waals surface area contributed by atoms with E-state index in [1.807, 2.05) is 12.4 Å². The van der Waals surface area contributed by atoms with Crippen molar-refractivity contribution in [3.63, 3.8) is 0 Å². The molecule has 1 aromatic carbocycles. The summed E-state index contributed by atoms with van der Waals surface area (Å²) in [5, 5.41) is 2.56. The Hall–Kier alpha value is -1.97. The van der Waals surface area contributed by atoms with Crippen molar-refractivity contribution in [1.29, 1.82) is 0 Å². The van der Waals surface area contributed by atoms with Crippen molar-refractivity contribution in [3.8, 4) is 0 Å².